The summed E-state index contributed by atoms with van der Waals surface area (Å²) in [4.78, 5) is 0. The first kappa shape index (κ1) is 17.9. The first-order chi connectivity index (χ1) is 9.43. The van der Waals surface area contributed by atoms with E-state index in [4.69, 9.17) is 9.47 Å². The second-order valence-corrected chi connectivity index (χ2v) is 7.24. The molecule has 1 rings (SSSR count). The van der Waals surface area contributed by atoms with Gasteiger partial charge in [-0.2, -0.15) is 0 Å². The van der Waals surface area contributed by atoms with E-state index >= 15 is 0 Å². The average Bonchev–Trinajstić information content (AvgIpc) is 2.30. The molecule has 1 aliphatic carbocycles. The molecule has 0 heterocycles. The topological polar surface area (TPSA) is 30.5 Å². The van der Waals surface area contributed by atoms with Crippen LogP contribution in [0.2, 0.25) is 0 Å². The molecule has 0 amide bonds. The minimum absolute atomic E-state index is 0.299. The molecule has 0 aromatic heterocycles. The van der Waals surface area contributed by atoms with Gasteiger partial charge < -0.3 is 14.8 Å². The minimum Gasteiger partial charge on any atom is -0.382 e. The Balaban J connectivity index is 2.13. The van der Waals surface area contributed by atoms with Crippen molar-refractivity contribution < 1.29 is 9.47 Å². The highest BCUT2D eigenvalue weighted by Crippen LogP contribution is 2.39. The molecule has 3 unspecified atom stereocenters. The van der Waals surface area contributed by atoms with Crippen LogP contribution < -0.4 is 5.32 Å². The van der Waals surface area contributed by atoms with E-state index < -0.39 is 0 Å². The van der Waals surface area contributed by atoms with Crippen molar-refractivity contribution in [2.75, 3.05) is 26.3 Å². The molecule has 1 aliphatic rings. The van der Waals surface area contributed by atoms with Crippen LogP contribution in [0.15, 0.2) is 0 Å². The second kappa shape index (κ2) is 9.01. The van der Waals surface area contributed by atoms with Gasteiger partial charge in [-0.3, -0.25) is 0 Å². The fourth-order valence-electron chi connectivity index (χ4n) is 3.49. The van der Waals surface area contributed by atoms with Gasteiger partial charge in [-0.15, -0.1) is 0 Å². The molecule has 20 heavy (non-hydrogen) atoms. The van der Waals surface area contributed by atoms with E-state index in [9.17, 15) is 0 Å². The molecule has 0 saturated heterocycles. The Morgan fingerprint density at radius 1 is 1.30 bits per heavy atom. The quantitative estimate of drug-likeness (QED) is 0.656. The fourth-order valence-corrected chi connectivity index (χ4v) is 3.49. The maximum atomic E-state index is 6.23. The van der Waals surface area contributed by atoms with Crippen molar-refractivity contribution in [1.82, 2.24) is 5.32 Å². The Morgan fingerprint density at radius 2 is 2.05 bits per heavy atom. The van der Waals surface area contributed by atoms with Gasteiger partial charge in [-0.05, 0) is 57.4 Å². The Hall–Kier alpha value is -0.120. The number of rotatable bonds is 9. The van der Waals surface area contributed by atoms with Crippen molar-refractivity contribution in [1.29, 1.82) is 0 Å². The minimum atomic E-state index is 0.299. The molecule has 0 bridgehead atoms. The monoisotopic (exact) mass is 285 g/mol. The van der Waals surface area contributed by atoms with Crippen LogP contribution >= 0.6 is 0 Å². The fraction of sp³-hybridized carbons (Fsp3) is 1.00. The molecule has 0 aromatic rings. The predicted octanol–water partition coefficient (Wildman–Crippen LogP) is 3.62. The highest BCUT2D eigenvalue weighted by atomic mass is 16.5. The summed E-state index contributed by atoms with van der Waals surface area (Å²) in [5.41, 5.74) is 0.437. The lowest BCUT2D eigenvalue weighted by Gasteiger charge is -2.39. The van der Waals surface area contributed by atoms with Crippen LogP contribution in [0, 0.1) is 11.3 Å². The lowest BCUT2D eigenvalue weighted by molar-refractivity contribution is -0.0576. The summed E-state index contributed by atoms with van der Waals surface area (Å²) in [6.07, 6.45) is 5.57. The number of nitrogens with one attached hydrogen (secondary N) is 1. The van der Waals surface area contributed by atoms with Gasteiger partial charge in [-0.25, -0.2) is 0 Å². The van der Waals surface area contributed by atoms with E-state index in [1.165, 1.54) is 19.3 Å². The molecular formula is C17H35NO2. The molecule has 3 heteroatoms. The summed E-state index contributed by atoms with van der Waals surface area (Å²) in [6, 6.07) is 0. The molecule has 0 aromatic carbocycles. The zero-order chi connectivity index (χ0) is 15.0. The third kappa shape index (κ3) is 7.61. The Kier molecular flexibility index (Phi) is 8.08. The van der Waals surface area contributed by atoms with Crippen molar-refractivity contribution in [3.8, 4) is 0 Å². The summed E-state index contributed by atoms with van der Waals surface area (Å²) in [5, 5.41) is 3.46. The van der Waals surface area contributed by atoms with E-state index in [1.54, 1.807) is 0 Å². The zero-order valence-electron chi connectivity index (χ0n) is 14.2. The summed E-state index contributed by atoms with van der Waals surface area (Å²) in [5.74, 6) is 0.787. The molecule has 0 radical (unpaired) electrons. The number of ether oxygens (including phenoxy) is 2. The third-order valence-corrected chi connectivity index (χ3v) is 4.05. The van der Waals surface area contributed by atoms with Gasteiger partial charge in [0.1, 0.15) is 0 Å². The van der Waals surface area contributed by atoms with Crippen molar-refractivity contribution in [3.63, 3.8) is 0 Å². The van der Waals surface area contributed by atoms with Gasteiger partial charge in [0.25, 0.3) is 0 Å². The number of hydrogen-bond donors (Lipinski definition) is 1. The maximum Gasteiger partial charge on any atom is 0.0675 e. The standard InChI is InChI=1S/C17H35NO2/c1-6-19-9-7-8-18-13-15(3)20-16-10-14(2)11-17(4,5)12-16/h14-16,18H,6-13H2,1-5H3. The molecule has 3 atom stereocenters. The van der Waals surface area contributed by atoms with Gasteiger partial charge >= 0.3 is 0 Å². The van der Waals surface area contributed by atoms with E-state index in [-0.39, 0.29) is 0 Å². The van der Waals surface area contributed by atoms with Gasteiger partial charge in [0, 0.05) is 19.8 Å². The van der Waals surface area contributed by atoms with Crippen molar-refractivity contribution in [2.24, 2.45) is 11.3 Å². The van der Waals surface area contributed by atoms with Crippen LogP contribution in [-0.4, -0.2) is 38.5 Å². The molecule has 0 spiro atoms. The van der Waals surface area contributed by atoms with Gasteiger partial charge in [0.05, 0.1) is 12.2 Å². The zero-order valence-corrected chi connectivity index (χ0v) is 14.2. The van der Waals surface area contributed by atoms with E-state index in [2.05, 4.69) is 33.0 Å². The van der Waals surface area contributed by atoms with Crippen LogP contribution in [0.4, 0.5) is 0 Å². The highest BCUT2D eigenvalue weighted by molar-refractivity contribution is 4.84. The van der Waals surface area contributed by atoms with E-state index in [1.807, 2.05) is 6.92 Å². The lowest BCUT2D eigenvalue weighted by atomic mass is 9.71. The second-order valence-electron chi connectivity index (χ2n) is 7.24. The highest BCUT2D eigenvalue weighted by Gasteiger charge is 2.33. The third-order valence-electron chi connectivity index (χ3n) is 4.05. The smallest absolute Gasteiger partial charge is 0.0675 e. The van der Waals surface area contributed by atoms with Crippen LogP contribution in [0.25, 0.3) is 0 Å². The molecular weight excluding hydrogens is 250 g/mol. The van der Waals surface area contributed by atoms with E-state index in [0.717, 1.165) is 38.6 Å². The number of hydrogen-bond acceptors (Lipinski definition) is 3. The van der Waals surface area contributed by atoms with E-state index in [0.29, 0.717) is 17.6 Å². The van der Waals surface area contributed by atoms with Crippen LogP contribution in [0.5, 0.6) is 0 Å². The molecule has 1 saturated carbocycles. The SMILES string of the molecule is CCOCCCNCC(C)OC1CC(C)CC(C)(C)C1. The Labute approximate surface area is 125 Å². The van der Waals surface area contributed by atoms with Crippen molar-refractivity contribution >= 4 is 0 Å². The lowest BCUT2D eigenvalue weighted by Crippen LogP contribution is -2.37. The average molecular weight is 285 g/mol. The first-order valence-electron chi connectivity index (χ1n) is 8.37. The van der Waals surface area contributed by atoms with Crippen LogP contribution in [0.3, 0.4) is 0 Å². The predicted molar refractivity (Wildman–Crippen MR) is 85.1 cm³/mol. The van der Waals surface area contributed by atoms with Crippen LogP contribution in [-0.2, 0) is 9.47 Å². The summed E-state index contributed by atoms with van der Waals surface area (Å²) < 4.78 is 11.6. The summed E-state index contributed by atoms with van der Waals surface area (Å²) in [7, 11) is 0. The molecule has 1 fully saturated rings. The molecule has 3 nitrogen and oxygen atoms in total. The normalized spacial score (nSPS) is 27.4. The van der Waals surface area contributed by atoms with Gasteiger partial charge in [0.15, 0.2) is 0 Å². The largest absolute Gasteiger partial charge is 0.382 e. The molecule has 1 N–H and O–H groups in total. The first-order valence-corrected chi connectivity index (χ1v) is 8.37. The summed E-state index contributed by atoms with van der Waals surface area (Å²) >= 11 is 0. The molecule has 0 aliphatic heterocycles. The van der Waals surface area contributed by atoms with Crippen LogP contribution in [0.1, 0.15) is 60.3 Å². The Morgan fingerprint density at radius 3 is 2.70 bits per heavy atom. The Bertz CT molecular complexity index is 255. The summed E-state index contributed by atoms with van der Waals surface area (Å²) in [6.45, 7) is 14.9. The van der Waals surface area contributed by atoms with Crippen molar-refractivity contribution in [2.45, 2.75) is 72.5 Å². The van der Waals surface area contributed by atoms with Gasteiger partial charge in [-0.1, -0.05) is 20.8 Å². The molecule has 120 valence electrons. The maximum absolute atomic E-state index is 6.23. The van der Waals surface area contributed by atoms with Gasteiger partial charge in [0.2, 0.25) is 0 Å². The van der Waals surface area contributed by atoms with Crippen molar-refractivity contribution in [3.05, 3.63) is 0 Å².